The van der Waals surface area contributed by atoms with Crippen molar-refractivity contribution in [2.24, 2.45) is 15.7 Å². The first-order valence-electron chi connectivity index (χ1n) is 19.0. The maximum atomic E-state index is 6.52. The van der Waals surface area contributed by atoms with Gasteiger partial charge in [0.15, 0.2) is 5.84 Å². The van der Waals surface area contributed by atoms with E-state index in [1.807, 2.05) is 72.0 Å². The van der Waals surface area contributed by atoms with Gasteiger partial charge in [0.25, 0.3) is 0 Å². The van der Waals surface area contributed by atoms with Crippen LogP contribution in [-0.2, 0) is 6.54 Å². The second-order valence-electron chi connectivity index (χ2n) is 14.0. The quantitative estimate of drug-likeness (QED) is 0.120. The number of para-hydroxylation sites is 1. The summed E-state index contributed by atoms with van der Waals surface area (Å²) in [6, 6.07) is 64.9. The molecule has 6 heteroatoms. The van der Waals surface area contributed by atoms with Gasteiger partial charge in [-0.15, -0.1) is 11.3 Å². The van der Waals surface area contributed by atoms with E-state index in [-0.39, 0.29) is 0 Å². The third-order valence-electron chi connectivity index (χ3n) is 10.4. The van der Waals surface area contributed by atoms with Crippen molar-refractivity contribution in [2.45, 2.75) is 6.54 Å². The van der Waals surface area contributed by atoms with Crippen molar-refractivity contribution in [1.29, 1.82) is 0 Å². The monoisotopic (exact) mass is 752 g/mol. The zero-order valence-corrected chi connectivity index (χ0v) is 31.7. The molecule has 0 spiro atoms. The van der Waals surface area contributed by atoms with Crippen LogP contribution in [-0.4, -0.2) is 11.7 Å². The van der Waals surface area contributed by atoms with Crippen molar-refractivity contribution < 1.29 is 4.42 Å². The van der Waals surface area contributed by atoms with E-state index < -0.39 is 0 Å². The Kier molecular flexibility index (Phi) is 8.86. The fourth-order valence-corrected chi connectivity index (χ4v) is 8.65. The molecular weight excluding hydrogens is 717 g/mol. The number of furan rings is 1. The second kappa shape index (κ2) is 14.8. The summed E-state index contributed by atoms with van der Waals surface area (Å²) < 4.78 is 9.04. The SMILES string of the molecule is NC(=NC(=NCc1ccc2c(c1)oc1cccc(-c3ccc4sc5ccc(Nc6ccccc6-c6ccccc6)cc5c4c3)c12)c1ccccc1)c1ccccc1. The van der Waals surface area contributed by atoms with Gasteiger partial charge < -0.3 is 15.5 Å². The normalized spacial score (nSPS) is 12.2. The lowest BCUT2D eigenvalue weighted by Crippen LogP contribution is -2.16. The van der Waals surface area contributed by atoms with E-state index in [4.69, 9.17) is 20.1 Å². The molecule has 0 amide bonds. The first-order valence-corrected chi connectivity index (χ1v) is 19.8. The van der Waals surface area contributed by atoms with Gasteiger partial charge in [-0.2, -0.15) is 0 Å². The van der Waals surface area contributed by atoms with Crippen molar-refractivity contribution in [3.8, 4) is 22.3 Å². The van der Waals surface area contributed by atoms with Gasteiger partial charge in [0.05, 0.1) is 6.54 Å². The van der Waals surface area contributed by atoms with E-state index in [2.05, 4.69) is 133 Å². The lowest BCUT2D eigenvalue weighted by atomic mass is 9.97. The largest absolute Gasteiger partial charge is 0.456 e. The number of fused-ring (bicyclic) bond motifs is 6. The number of anilines is 2. The highest BCUT2D eigenvalue weighted by molar-refractivity contribution is 7.25. The summed E-state index contributed by atoms with van der Waals surface area (Å²) in [7, 11) is 0. The van der Waals surface area contributed by atoms with Gasteiger partial charge in [-0.1, -0.05) is 140 Å². The first kappa shape index (κ1) is 34.2. The molecule has 10 aromatic rings. The average molecular weight is 753 g/mol. The minimum Gasteiger partial charge on any atom is -0.456 e. The number of amidine groups is 2. The Morgan fingerprint density at radius 1 is 0.544 bits per heavy atom. The zero-order chi connectivity index (χ0) is 38.1. The van der Waals surface area contributed by atoms with Gasteiger partial charge in [0.2, 0.25) is 0 Å². The fourth-order valence-electron chi connectivity index (χ4n) is 7.58. The lowest BCUT2D eigenvalue weighted by molar-refractivity contribution is 0.668. The molecule has 0 saturated carbocycles. The van der Waals surface area contributed by atoms with E-state index in [1.165, 1.54) is 31.3 Å². The van der Waals surface area contributed by atoms with Crippen LogP contribution in [0.3, 0.4) is 0 Å². The average Bonchev–Trinajstić information content (AvgIpc) is 3.83. The summed E-state index contributed by atoms with van der Waals surface area (Å²) in [4.78, 5) is 9.72. The van der Waals surface area contributed by atoms with Crippen LogP contribution in [0.1, 0.15) is 16.7 Å². The molecule has 0 fully saturated rings. The Labute approximate surface area is 334 Å². The van der Waals surface area contributed by atoms with E-state index in [0.29, 0.717) is 18.2 Å². The third-order valence-corrected chi connectivity index (χ3v) is 11.5. The zero-order valence-electron chi connectivity index (χ0n) is 30.9. The van der Waals surface area contributed by atoms with E-state index in [9.17, 15) is 0 Å². The summed E-state index contributed by atoms with van der Waals surface area (Å²) in [5.41, 5.74) is 17.7. The molecule has 10 rings (SSSR count). The van der Waals surface area contributed by atoms with Crippen molar-refractivity contribution >= 4 is 76.5 Å². The van der Waals surface area contributed by atoms with Crippen LogP contribution < -0.4 is 11.1 Å². The molecule has 0 radical (unpaired) electrons. The Hall–Kier alpha value is -7.28. The molecule has 8 aromatic carbocycles. The van der Waals surface area contributed by atoms with Crippen LogP contribution in [0, 0.1) is 0 Å². The van der Waals surface area contributed by atoms with Gasteiger partial charge in [0, 0.05) is 59.0 Å². The van der Waals surface area contributed by atoms with Crippen molar-refractivity contribution in [1.82, 2.24) is 0 Å². The Balaban J connectivity index is 0.989. The molecule has 0 unspecified atom stereocenters. The number of nitrogens with one attached hydrogen (secondary N) is 1. The van der Waals surface area contributed by atoms with Crippen LogP contribution in [0.15, 0.2) is 202 Å². The predicted octanol–water partition coefficient (Wildman–Crippen LogP) is 13.4. The van der Waals surface area contributed by atoms with Crippen molar-refractivity contribution in [2.75, 3.05) is 5.32 Å². The van der Waals surface area contributed by atoms with Gasteiger partial charge in [-0.25, -0.2) is 4.99 Å². The minimum absolute atomic E-state index is 0.423. The number of aliphatic imine (C=N–C) groups is 2. The summed E-state index contributed by atoms with van der Waals surface area (Å²) in [6.45, 7) is 0.423. The molecule has 2 heterocycles. The van der Waals surface area contributed by atoms with Crippen molar-refractivity contribution in [3.05, 3.63) is 205 Å². The maximum absolute atomic E-state index is 6.52. The van der Waals surface area contributed by atoms with Crippen LogP contribution >= 0.6 is 11.3 Å². The highest BCUT2D eigenvalue weighted by Crippen LogP contribution is 2.42. The number of hydrogen-bond acceptors (Lipinski definition) is 4. The molecule has 0 atom stereocenters. The second-order valence-corrected chi connectivity index (χ2v) is 15.1. The van der Waals surface area contributed by atoms with Gasteiger partial charge in [-0.05, 0) is 70.8 Å². The number of rotatable bonds is 8. The summed E-state index contributed by atoms with van der Waals surface area (Å²) in [6.07, 6.45) is 0. The third kappa shape index (κ3) is 6.73. The Bertz CT molecular complexity index is 3130. The topological polar surface area (TPSA) is 75.9 Å². The molecule has 0 saturated heterocycles. The molecule has 272 valence electrons. The number of nitrogens with zero attached hydrogens (tertiary/aromatic N) is 2. The molecule has 0 bridgehead atoms. The molecule has 0 aliphatic rings. The number of nitrogens with two attached hydrogens (primary N) is 1. The number of benzene rings is 8. The Morgan fingerprint density at radius 3 is 2.04 bits per heavy atom. The number of hydrogen-bond donors (Lipinski definition) is 2. The smallest absolute Gasteiger partial charge is 0.157 e. The standard InChI is InChI=1S/C51H36N4OS/c52-50(35-15-6-2-7-16-35)55-51(36-17-8-3-9-18-36)53-32-33-23-26-41-46(29-33)56-45-22-12-20-40(49(41)45)37-24-27-47-42(30-37)43-31-38(25-28-48(43)57-47)54-44-21-11-10-19-39(44)34-13-4-1-5-14-34/h1-31,54H,32H2,(H2,52,53,55). The first-order chi connectivity index (χ1) is 28.1. The van der Waals surface area contributed by atoms with E-state index in [0.717, 1.165) is 61.1 Å². The Morgan fingerprint density at radius 2 is 1.23 bits per heavy atom. The molecule has 0 aliphatic carbocycles. The molecule has 5 nitrogen and oxygen atoms in total. The van der Waals surface area contributed by atoms with Crippen LogP contribution in [0.5, 0.6) is 0 Å². The summed E-state index contributed by atoms with van der Waals surface area (Å²) in [5, 5.41) is 8.37. The lowest BCUT2D eigenvalue weighted by Gasteiger charge is -2.12. The van der Waals surface area contributed by atoms with Gasteiger partial charge in [0.1, 0.15) is 17.0 Å². The van der Waals surface area contributed by atoms with Crippen LogP contribution in [0.2, 0.25) is 0 Å². The van der Waals surface area contributed by atoms with Gasteiger partial charge in [-0.3, -0.25) is 4.99 Å². The molecule has 3 N–H and O–H groups in total. The highest BCUT2D eigenvalue weighted by Gasteiger charge is 2.16. The molecular formula is C51H36N4OS. The van der Waals surface area contributed by atoms with Crippen LogP contribution in [0.4, 0.5) is 11.4 Å². The summed E-state index contributed by atoms with van der Waals surface area (Å²) in [5.74, 6) is 1.01. The highest BCUT2D eigenvalue weighted by atomic mass is 32.1. The van der Waals surface area contributed by atoms with Gasteiger partial charge >= 0.3 is 0 Å². The van der Waals surface area contributed by atoms with Crippen molar-refractivity contribution in [3.63, 3.8) is 0 Å². The number of thiophene rings is 1. The summed E-state index contributed by atoms with van der Waals surface area (Å²) >= 11 is 1.83. The molecule has 0 aliphatic heterocycles. The maximum Gasteiger partial charge on any atom is 0.157 e. The minimum atomic E-state index is 0.423. The predicted molar refractivity (Wildman–Crippen MR) is 241 cm³/mol. The fraction of sp³-hybridized carbons (Fsp3) is 0.0196. The molecule has 57 heavy (non-hydrogen) atoms. The molecule has 2 aromatic heterocycles. The van der Waals surface area contributed by atoms with E-state index >= 15 is 0 Å². The van der Waals surface area contributed by atoms with Crippen LogP contribution in [0.25, 0.3) is 64.4 Å². The van der Waals surface area contributed by atoms with E-state index in [1.54, 1.807) is 0 Å².